The van der Waals surface area contributed by atoms with E-state index >= 15 is 0 Å². The third kappa shape index (κ3) is 5.00. The summed E-state index contributed by atoms with van der Waals surface area (Å²) in [6, 6.07) is 27.9. The van der Waals surface area contributed by atoms with Crippen LogP contribution in [0, 0.1) is 6.92 Å². The second-order valence-electron chi connectivity index (χ2n) is 8.05. The molecule has 172 valence electrons. The Morgan fingerprint density at radius 2 is 1.66 bits per heavy atom. The van der Waals surface area contributed by atoms with Crippen LogP contribution in [0.2, 0.25) is 0 Å². The van der Waals surface area contributed by atoms with E-state index in [4.69, 9.17) is 4.98 Å². The van der Waals surface area contributed by atoms with Crippen LogP contribution in [0.4, 0.5) is 5.69 Å². The van der Waals surface area contributed by atoms with Gasteiger partial charge in [-0.25, -0.2) is 14.5 Å². The monoisotopic (exact) mass is 478 g/mol. The van der Waals surface area contributed by atoms with Crippen LogP contribution < -0.4 is 10.9 Å². The lowest BCUT2D eigenvalue weighted by molar-refractivity contribution is 0.102. The molecule has 0 aliphatic heterocycles. The largest absolute Gasteiger partial charge is 0.322 e. The minimum atomic E-state index is -0.161. The molecule has 7 heteroatoms. The van der Waals surface area contributed by atoms with E-state index in [1.54, 1.807) is 29.0 Å². The SMILES string of the molecule is Cc1ccc(-n2c(SCc3ccc(C(=O)Nc4ccccc4)cc3)nc3ccccc3c2=O)nc1. The molecule has 3 aromatic carbocycles. The number of anilines is 1. The molecular weight excluding hydrogens is 456 g/mol. The Hall–Kier alpha value is -4.23. The van der Waals surface area contributed by atoms with Gasteiger partial charge < -0.3 is 5.32 Å². The summed E-state index contributed by atoms with van der Waals surface area (Å²) in [5.41, 5.74) is 3.85. The summed E-state index contributed by atoms with van der Waals surface area (Å²) in [4.78, 5) is 35.1. The third-order valence-electron chi connectivity index (χ3n) is 5.49. The quantitative estimate of drug-likeness (QED) is 0.253. The summed E-state index contributed by atoms with van der Waals surface area (Å²) in [6.45, 7) is 1.96. The van der Waals surface area contributed by atoms with E-state index in [0.717, 1.165) is 16.8 Å². The van der Waals surface area contributed by atoms with E-state index in [9.17, 15) is 9.59 Å². The lowest BCUT2D eigenvalue weighted by atomic mass is 10.1. The van der Waals surface area contributed by atoms with E-state index in [0.29, 0.717) is 33.2 Å². The first-order valence-electron chi connectivity index (χ1n) is 11.1. The van der Waals surface area contributed by atoms with Crippen LogP contribution in [0.3, 0.4) is 0 Å². The molecule has 35 heavy (non-hydrogen) atoms. The average molecular weight is 479 g/mol. The van der Waals surface area contributed by atoms with Crippen molar-refractivity contribution in [1.82, 2.24) is 14.5 Å². The van der Waals surface area contributed by atoms with Crippen LogP contribution >= 0.6 is 11.8 Å². The minimum absolute atomic E-state index is 0.151. The van der Waals surface area contributed by atoms with Crippen LogP contribution in [0.1, 0.15) is 21.5 Å². The summed E-state index contributed by atoms with van der Waals surface area (Å²) in [7, 11) is 0. The van der Waals surface area contributed by atoms with Crippen molar-refractivity contribution in [2.45, 2.75) is 17.8 Å². The van der Waals surface area contributed by atoms with Gasteiger partial charge in [0, 0.05) is 23.2 Å². The van der Waals surface area contributed by atoms with Crippen molar-refractivity contribution in [2.75, 3.05) is 5.32 Å². The number of aromatic nitrogens is 3. The highest BCUT2D eigenvalue weighted by molar-refractivity contribution is 7.98. The van der Waals surface area contributed by atoms with Gasteiger partial charge in [0.2, 0.25) is 0 Å². The van der Waals surface area contributed by atoms with E-state index < -0.39 is 0 Å². The zero-order chi connectivity index (χ0) is 24.2. The first-order valence-corrected chi connectivity index (χ1v) is 12.1. The van der Waals surface area contributed by atoms with E-state index in [-0.39, 0.29) is 11.5 Å². The fourth-order valence-corrected chi connectivity index (χ4v) is 4.59. The number of nitrogens with one attached hydrogen (secondary N) is 1. The van der Waals surface area contributed by atoms with Crippen LogP contribution in [0.25, 0.3) is 16.7 Å². The smallest absolute Gasteiger partial charge is 0.267 e. The Labute approximate surface area is 206 Å². The van der Waals surface area contributed by atoms with Gasteiger partial charge in [-0.1, -0.05) is 60.3 Å². The molecule has 0 unspecified atom stereocenters. The lowest BCUT2D eigenvalue weighted by Crippen LogP contribution is -2.22. The standard InChI is InChI=1S/C28H22N4O2S/c1-19-11-16-25(29-17-19)32-27(34)23-9-5-6-10-24(23)31-28(32)35-18-20-12-14-21(15-13-20)26(33)30-22-7-3-2-4-8-22/h2-17H,18H2,1H3,(H,30,33). The molecule has 0 saturated heterocycles. The van der Waals surface area contributed by atoms with E-state index in [1.165, 1.54) is 11.8 Å². The fraction of sp³-hybridized carbons (Fsp3) is 0.0714. The second-order valence-corrected chi connectivity index (χ2v) is 8.99. The number of rotatable bonds is 6. The molecule has 6 nitrogen and oxygen atoms in total. The van der Waals surface area contributed by atoms with Crippen molar-refractivity contribution in [2.24, 2.45) is 0 Å². The molecule has 0 spiro atoms. The Morgan fingerprint density at radius 3 is 2.40 bits per heavy atom. The summed E-state index contributed by atoms with van der Waals surface area (Å²) >= 11 is 1.46. The Balaban J connectivity index is 1.40. The van der Waals surface area contributed by atoms with Crippen molar-refractivity contribution in [3.63, 3.8) is 0 Å². The van der Waals surface area contributed by atoms with Gasteiger partial charge in [-0.05, 0) is 60.5 Å². The molecule has 0 bridgehead atoms. The number of carbonyl (C=O) groups excluding carboxylic acids is 1. The first kappa shape index (κ1) is 22.6. The van der Waals surface area contributed by atoms with Crippen molar-refractivity contribution < 1.29 is 4.79 Å². The molecule has 1 amide bonds. The molecule has 0 aliphatic rings. The molecule has 2 aromatic heterocycles. The number of fused-ring (bicyclic) bond motifs is 1. The lowest BCUT2D eigenvalue weighted by Gasteiger charge is -2.13. The summed E-state index contributed by atoms with van der Waals surface area (Å²) in [6.07, 6.45) is 1.74. The number of hydrogen-bond acceptors (Lipinski definition) is 5. The predicted octanol–water partition coefficient (Wildman–Crippen LogP) is 5.63. The van der Waals surface area contributed by atoms with Gasteiger partial charge in [0.25, 0.3) is 11.5 Å². The molecule has 0 atom stereocenters. The highest BCUT2D eigenvalue weighted by Gasteiger charge is 2.14. The molecule has 0 aliphatic carbocycles. The van der Waals surface area contributed by atoms with Crippen molar-refractivity contribution in [3.8, 4) is 5.82 Å². The Morgan fingerprint density at radius 1 is 0.914 bits per heavy atom. The van der Waals surface area contributed by atoms with Crippen LogP contribution in [-0.4, -0.2) is 20.4 Å². The third-order valence-corrected chi connectivity index (χ3v) is 6.50. The number of para-hydroxylation sites is 2. The number of thioether (sulfide) groups is 1. The normalized spacial score (nSPS) is 10.9. The minimum Gasteiger partial charge on any atom is -0.322 e. The maximum absolute atomic E-state index is 13.3. The van der Waals surface area contributed by atoms with E-state index in [1.807, 2.05) is 79.7 Å². The number of pyridine rings is 1. The molecule has 0 fully saturated rings. The maximum atomic E-state index is 13.3. The topological polar surface area (TPSA) is 76.9 Å². The van der Waals surface area contributed by atoms with Crippen molar-refractivity contribution in [3.05, 3.63) is 124 Å². The van der Waals surface area contributed by atoms with Gasteiger partial charge in [0.15, 0.2) is 5.16 Å². The number of amides is 1. The maximum Gasteiger partial charge on any atom is 0.267 e. The van der Waals surface area contributed by atoms with Gasteiger partial charge in [-0.3, -0.25) is 9.59 Å². The number of carbonyl (C=O) groups is 1. The van der Waals surface area contributed by atoms with Gasteiger partial charge in [-0.2, -0.15) is 0 Å². The average Bonchev–Trinajstić information content (AvgIpc) is 2.89. The molecule has 5 aromatic rings. The van der Waals surface area contributed by atoms with Crippen LogP contribution in [0.5, 0.6) is 0 Å². The fourth-order valence-electron chi connectivity index (χ4n) is 3.63. The summed E-state index contributed by atoms with van der Waals surface area (Å²) in [5.74, 6) is 0.956. The molecule has 0 radical (unpaired) electrons. The summed E-state index contributed by atoms with van der Waals surface area (Å²) in [5, 5.41) is 4.00. The van der Waals surface area contributed by atoms with Crippen LogP contribution in [-0.2, 0) is 5.75 Å². The summed E-state index contributed by atoms with van der Waals surface area (Å²) < 4.78 is 1.56. The molecule has 2 heterocycles. The van der Waals surface area contributed by atoms with Crippen molar-refractivity contribution >= 4 is 34.3 Å². The van der Waals surface area contributed by atoms with Gasteiger partial charge in [-0.15, -0.1) is 0 Å². The number of benzene rings is 3. The Kier molecular flexibility index (Phi) is 6.41. The first-order chi connectivity index (χ1) is 17.1. The predicted molar refractivity (Wildman–Crippen MR) is 140 cm³/mol. The second kappa shape index (κ2) is 9.95. The highest BCUT2D eigenvalue weighted by Crippen LogP contribution is 2.24. The molecule has 5 rings (SSSR count). The highest BCUT2D eigenvalue weighted by atomic mass is 32.2. The van der Waals surface area contributed by atoms with Crippen molar-refractivity contribution in [1.29, 1.82) is 0 Å². The van der Waals surface area contributed by atoms with Gasteiger partial charge >= 0.3 is 0 Å². The molecular formula is C28H22N4O2S. The number of hydrogen-bond donors (Lipinski definition) is 1. The van der Waals surface area contributed by atoms with E-state index in [2.05, 4.69) is 10.3 Å². The molecule has 0 saturated carbocycles. The number of aryl methyl sites for hydroxylation is 1. The Bertz CT molecular complexity index is 1550. The van der Waals surface area contributed by atoms with Gasteiger partial charge in [0.05, 0.1) is 10.9 Å². The van der Waals surface area contributed by atoms with Crippen LogP contribution in [0.15, 0.2) is 107 Å². The molecule has 1 N–H and O–H groups in total. The zero-order valence-corrected chi connectivity index (χ0v) is 19.8. The number of nitrogens with zero attached hydrogens (tertiary/aromatic N) is 3. The van der Waals surface area contributed by atoms with Gasteiger partial charge in [0.1, 0.15) is 5.82 Å². The zero-order valence-electron chi connectivity index (χ0n) is 19.0.